The summed E-state index contributed by atoms with van der Waals surface area (Å²) >= 11 is 0. The molecule has 7 nitrogen and oxygen atoms in total. The normalized spacial score (nSPS) is 13.6. The van der Waals surface area contributed by atoms with E-state index < -0.39 is 22.5 Å². The topological polar surface area (TPSA) is 102 Å². The quantitative estimate of drug-likeness (QED) is 0.775. The maximum absolute atomic E-state index is 11.7. The molecular formula is C9H9NO6S. The first-order chi connectivity index (χ1) is 7.99. The number of aliphatic carboxylic acids is 1. The Labute approximate surface area is 97.0 Å². The van der Waals surface area contributed by atoms with E-state index in [1.165, 1.54) is 18.2 Å². The molecule has 8 heteroatoms. The van der Waals surface area contributed by atoms with E-state index in [0.29, 0.717) is 11.5 Å². The Morgan fingerprint density at radius 2 is 2.06 bits per heavy atom. The van der Waals surface area contributed by atoms with Crippen molar-refractivity contribution in [2.45, 2.75) is 4.90 Å². The Kier molecular flexibility index (Phi) is 2.90. The minimum absolute atomic E-state index is 0.0430. The molecule has 0 atom stereocenters. The first-order valence-corrected chi connectivity index (χ1v) is 6.08. The molecule has 0 aliphatic carbocycles. The number of nitrogens with one attached hydrogen (secondary N) is 1. The summed E-state index contributed by atoms with van der Waals surface area (Å²) in [6.45, 7) is -0.627. The average molecular weight is 259 g/mol. The van der Waals surface area contributed by atoms with Crippen molar-refractivity contribution < 1.29 is 27.8 Å². The second-order valence-corrected chi connectivity index (χ2v) is 5.00. The molecule has 1 aromatic rings. The summed E-state index contributed by atoms with van der Waals surface area (Å²) < 4.78 is 35.3. The fourth-order valence-corrected chi connectivity index (χ4v) is 2.27. The Hall–Kier alpha value is -1.80. The van der Waals surface area contributed by atoms with Crippen molar-refractivity contribution in [3.8, 4) is 11.5 Å². The molecule has 0 bridgehead atoms. The summed E-state index contributed by atoms with van der Waals surface area (Å²) in [7, 11) is -3.84. The molecule has 0 amide bonds. The molecule has 1 aliphatic heterocycles. The SMILES string of the molecule is O=C(O)CNS(=O)(=O)c1ccc2c(c1)OCO2. The number of sulfonamides is 1. The van der Waals surface area contributed by atoms with Gasteiger partial charge in [0.2, 0.25) is 16.8 Å². The van der Waals surface area contributed by atoms with Crippen LogP contribution in [-0.2, 0) is 14.8 Å². The first kappa shape index (κ1) is 11.7. The molecule has 0 spiro atoms. The van der Waals surface area contributed by atoms with Crippen LogP contribution in [0, 0.1) is 0 Å². The smallest absolute Gasteiger partial charge is 0.318 e. The van der Waals surface area contributed by atoms with E-state index in [9.17, 15) is 13.2 Å². The van der Waals surface area contributed by atoms with Crippen LogP contribution in [-0.4, -0.2) is 32.8 Å². The zero-order valence-electron chi connectivity index (χ0n) is 8.54. The average Bonchev–Trinajstić information content (AvgIpc) is 2.73. The lowest BCUT2D eigenvalue weighted by Crippen LogP contribution is -2.29. The molecule has 0 aromatic heterocycles. The summed E-state index contributed by atoms with van der Waals surface area (Å²) in [5.41, 5.74) is 0. The van der Waals surface area contributed by atoms with Crippen LogP contribution >= 0.6 is 0 Å². The van der Waals surface area contributed by atoms with Crippen LogP contribution in [0.25, 0.3) is 0 Å². The molecule has 0 radical (unpaired) electrons. The van der Waals surface area contributed by atoms with Crippen LogP contribution in [0.5, 0.6) is 11.5 Å². The number of carbonyl (C=O) groups is 1. The minimum atomic E-state index is -3.84. The minimum Gasteiger partial charge on any atom is -0.480 e. The number of hydrogen-bond donors (Lipinski definition) is 2. The summed E-state index contributed by atoms with van der Waals surface area (Å²) in [4.78, 5) is 10.2. The summed E-state index contributed by atoms with van der Waals surface area (Å²) in [5.74, 6) is -0.472. The summed E-state index contributed by atoms with van der Waals surface area (Å²) in [6.07, 6.45) is 0. The van der Waals surface area contributed by atoms with Gasteiger partial charge in [0.1, 0.15) is 6.54 Å². The van der Waals surface area contributed by atoms with Crippen LogP contribution in [0.2, 0.25) is 0 Å². The fourth-order valence-electron chi connectivity index (χ4n) is 1.28. The lowest BCUT2D eigenvalue weighted by Gasteiger charge is -2.05. The Morgan fingerprint density at radius 3 is 2.76 bits per heavy atom. The van der Waals surface area contributed by atoms with Gasteiger partial charge in [-0.05, 0) is 12.1 Å². The van der Waals surface area contributed by atoms with Gasteiger partial charge in [-0.2, -0.15) is 4.72 Å². The van der Waals surface area contributed by atoms with Crippen molar-refractivity contribution in [3.63, 3.8) is 0 Å². The lowest BCUT2D eigenvalue weighted by atomic mass is 10.3. The third kappa shape index (κ3) is 2.48. The van der Waals surface area contributed by atoms with Crippen molar-refractivity contribution in [2.24, 2.45) is 0 Å². The highest BCUT2D eigenvalue weighted by Crippen LogP contribution is 2.33. The molecule has 0 saturated heterocycles. The van der Waals surface area contributed by atoms with Crippen LogP contribution in [0.4, 0.5) is 0 Å². The highest BCUT2D eigenvalue weighted by atomic mass is 32.2. The fraction of sp³-hybridized carbons (Fsp3) is 0.222. The Morgan fingerprint density at radius 1 is 1.35 bits per heavy atom. The van der Waals surface area contributed by atoms with Gasteiger partial charge >= 0.3 is 5.97 Å². The number of hydrogen-bond acceptors (Lipinski definition) is 5. The van der Waals surface area contributed by atoms with Gasteiger partial charge in [-0.15, -0.1) is 0 Å². The van der Waals surface area contributed by atoms with Crippen molar-refractivity contribution in [2.75, 3.05) is 13.3 Å². The highest BCUT2D eigenvalue weighted by molar-refractivity contribution is 7.89. The van der Waals surface area contributed by atoms with E-state index in [2.05, 4.69) is 0 Å². The molecule has 0 unspecified atom stereocenters. The number of fused-ring (bicyclic) bond motifs is 1. The van der Waals surface area contributed by atoms with E-state index in [-0.39, 0.29) is 11.7 Å². The van der Waals surface area contributed by atoms with Gasteiger partial charge in [0, 0.05) is 6.07 Å². The molecule has 1 aromatic carbocycles. The molecule has 92 valence electrons. The first-order valence-electron chi connectivity index (χ1n) is 4.60. The molecule has 1 aliphatic rings. The zero-order chi connectivity index (χ0) is 12.5. The van der Waals surface area contributed by atoms with Gasteiger partial charge in [-0.25, -0.2) is 8.42 Å². The molecule has 2 rings (SSSR count). The van der Waals surface area contributed by atoms with Gasteiger partial charge in [0.15, 0.2) is 11.5 Å². The molecule has 2 N–H and O–H groups in total. The van der Waals surface area contributed by atoms with Gasteiger partial charge in [-0.3, -0.25) is 4.79 Å². The molecule has 1 heterocycles. The monoisotopic (exact) mass is 259 g/mol. The number of carboxylic acids is 1. The van der Waals surface area contributed by atoms with E-state index in [0.717, 1.165) is 0 Å². The van der Waals surface area contributed by atoms with E-state index in [1.54, 1.807) is 0 Å². The van der Waals surface area contributed by atoms with Crippen LogP contribution in [0.1, 0.15) is 0 Å². The van der Waals surface area contributed by atoms with Gasteiger partial charge in [-0.1, -0.05) is 0 Å². The predicted molar refractivity (Wildman–Crippen MR) is 55.4 cm³/mol. The maximum atomic E-state index is 11.7. The van der Waals surface area contributed by atoms with Crippen molar-refractivity contribution >= 4 is 16.0 Å². The van der Waals surface area contributed by atoms with Gasteiger partial charge in [0.25, 0.3) is 0 Å². The molecular weight excluding hydrogens is 250 g/mol. The van der Waals surface area contributed by atoms with E-state index >= 15 is 0 Å². The van der Waals surface area contributed by atoms with Crippen molar-refractivity contribution in [1.82, 2.24) is 4.72 Å². The van der Waals surface area contributed by atoms with Gasteiger partial charge in [0.05, 0.1) is 4.90 Å². The van der Waals surface area contributed by atoms with Crippen molar-refractivity contribution in [1.29, 1.82) is 0 Å². The Bertz CT molecular complexity index is 553. The lowest BCUT2D eigenvalue weighted by molar-refractivity contribution is -0.135. The third-order valence-electron chi connectivity index (χ3n) is 2.07. The zero-order valence-corrected chi connectivity index (χ0v) is 9.36. The van der Waals surface area contributed by atoms with Crippen LogP contribution in [0.15, 0.2) is 23.1 Å². The standard InChI is InChI=1S/C9H9NO6S/c11-9(12)4-10-17(13,14)6-1-2-7-8(3-6)16-5-15-7/h1-3,10H,4-5H2,(H,11,12). The van der Waals surface area contributed by atoms with Crippen LogP contribution in [0.3, 0.4) is 0 Å². The van der Waals surface area contributed by atoms with E-state index in [4.69, 9.17) is 14.6 Å². The highest BCUT2D eigenvalue weighted by Gasteiger charge is 2.20. The summed E-state index contributed by atoms with van der Waals surface area (Å²) in [6, 6.07) is 4.06. The third-order valence-corrected chi connectivity index (χ3v) is 3.47. The maximum Gasteiger partial charge on any atom is 0.318 e. The van der Waals surface area contributed by atoms with Crippen molar-refractivity contribution in [3.05, 3.63) is 18.2 Å². The number of ether oxygens (including phenoxy) is 2. The molecule has 17 heavy (non-hydrogen) atoms. The number of rotatable bonds is 4. The summed E-state index contributed by atoms with van der Waals surface area (Å²) in [5, 5.41) is 8.41. The number of benzene rings is 1. The van der Waals surface area contributed by atoms with E-state index in [1.807, 2.05) is 4.72 Å². The second kappa shape index (κ2) is 4.22. The van der Waals surface area contributed by atoms with Gasteiger partial charge < -0.3 is 14.6 Å². The molecule has 0 saturated carbocycles. The molecule has 0 fully saturated rings. The second-order valence-electron chi connectivity index (χ2n) is 3.23. The van der Waals surface area contributed by atoms with Crippen LogP contribution < -0.4 is 14.2 Å². The number of carboxylic acid groups (broad SMARTS) is 1. The predicted octanol–water partition coefficient (Wildman–Crippen LogP) is -0.222. The largest absolute Gasteiger partial charge is 0.480 e. The Balaban J connectivity index is 2.24.